The van der Waals surface area contributed by atoms with Crippen LogP contribution in [0.2, 0.25) is 0 Å². The van der Waals surface area contributed by atoms with Crippen molar-refractivity contribution in [3.05, 3.63) is 41.7 Å². The zero-order valence-corrected chi connectivity index (χ0v) is 12.7. The SMILES string of the molecule is CCn1nc(C)cc1CNC(=O)Cn1nnc2ccccc21. The number of aryl methyl sites for hydroxylation is 2. The van der Waals surface area contributed by atoms with Gasteiger partial charge in [0.05, 0.1) is 23.4 Å². The van der Waals surface area contributed by atoms with E-state index in [0.29, 0.717) is 6.54 Å². The van der Waals surface area contributed by atoms with Gasteiger partial charge in [-0.1, -0.05) is 17.3 Å². The summed E-state index contributed by atoms with van der Waals surface area (Å²) in [6.07, 6.45) is 0. The Hall–Kier alpha value is -2.70. The van der Waals surface area contributed by atoms with Crippen molar-refractivity contribution >= 4 is 16.9 Å². The fourth-order valence-electron chi connectivity index (χ4n) is 2.43. The van der Waals surface area contributed by atoms with Crippen LogP contribution in [-0.4, -0.2) is 30.7 Å². The summed E-state index contributed by atoms with van der Waals surface area (Å²) in [5, 5.41) is 15.3. The summed E-state index contributed by atoms with van der Waals surface area (Å²) in [6.45, 7) is 5.37. The molecule has 0 radical (unpaired) electrons. The van der Waals surface area contributed by atoms with Crippen molar-refractivity contribution < 1.29 is 4.79 Å². The summed E-state index contributed by atoms with van der Waals surface area (Å²) in [5.74, 6) is -0.0999. The Morgan fingerprint density at radius 2 is 2.09 bits per heavy atom. The lowest BCUT2D eigenvalue weighted by Crippen LogP contribution is -2.28. The number of amides is 1. The molecule has 1 amide bonds. The van der Waals surface area contributed by atoms with Gasteiger partial charge in [-0.25, -0.2) is 4.68 Å². The average Bonchev–Trinajstić information content (AvgIpc) is 3.09. The number of benzene rings is 1. The Morgan fingerprint density at radius 1 is 1.27 bits per heavy atom. The number of fused-ring (bicyclic) bond motifs is 1. The van der Waals surface area contributed by atoms with E-state index in [1.54, 1.807) is 4.68 Å². The molecule has 0 spiro atoms. The van der Waals surface area contributed by atoms with Gasteiger partial charge < -0.3 is 5.32 Å². The van der Waals surface area contributed by atoms with Crippen molar-refractivity contribution in [2.45, 2.75) is 33.5 Å². The number of nitrogens with zero attached hydrogens (tertiary/aromatic N) is 5. The minimum absolute atomic E-state index is 0.0999. The van der Waals surface area contributed by atoms with Crippen LogP contribution in [-0.2, 0) is 24.4 Å². The van der Waals surface area contributed by atoms with Crippen molar-refractivity contribution in [1.29, 1.82) is 0 Å². The Bertz CT molecular complexity index is 803. The van der Waals surface area contributed by atoms with Gasteiger partial charge in [0.25, 0.3) is 0 Å². The standard InChI is InChI=1S/C15H18N6O/c1-3-20-12(8-11(2)18-20)9-16-15(22)10-21-14-7-5-4-6-13(14)17-19-21/h4-8H,3,9-10H2,1-2H3,(H,16,22). The van der Waals surface area contributed by atoms with Gasteiger partial charge in [0, 0.05) is 6.54 Å². The number of hydrogen-bond donors (Lipinski definition) is 1. The zero-order valence-electron chi connectivity index (χ0n) is 12.7. The molecule has 7 heteroatoms. The number of aromatic nitrogens is 5. The number of nitrogens with one attached hydrogen (secondary N) is 1. The lowest BCUT2D eigenvalue weighted by molar-refractivity contribution is -0.122. The summed E-state index contributed by atoms with van der Waals surface area (Å²) >= 11 is 0. The second-order valence-corrected chi connectivity index (χ2v) is 5.11. The third-order valence-corrected chi connectivity index (χ3v) is 3.47. The molecule has 3 rings (SSSR count). The van der Waals surface area contributed by atoms with Crippen LogP contribution in [0.5, 0.6) is 0 Å². The smallest absolute Gasteiger partial charge is 0.242 e. The lowest BCUT2D eigenvalue weighted by atomic mass is 10.3. The van der Waals surface area contributed by atoms with Gasteiger partial charge in [0.2, 0.25) is 5.91 Å². The van der Waals surface area contributed by atoms with Gasteiger partial charge in [-0.3, -0.25) is 9.48 Å². The molecule has 22 heavy (non-hydrogen) atoms. The van der Waals surface area contributed by atoms with Gasteiger partial charge in [-0.2, -0.15) is 5.10 Å². The van der Waals surface area contributed by atoms with Crippen molar-refractivity contribution in [3.63, 3.8) is 0 Å². The van der Waals surface area contributed by atoms with Gasteiger partial charge in [0.15, 0.2) is 0 Å². The topological polar surface area (TPSA) is 77.6 Å². The molecule has 0 saturated heterocycles. The first-order valence-corrected chi connectivity index (χ1v) is 7.25. The summed E-state index contributed by atoms with van der Waals surface area (Å²) in [5.41, 5.74) is 3.59. The molecule has 3 aromatic rings. The number of rotatable bonds is 5. The number of carbonyl (C=O) groups is 1. The predicted octanol–water partition coefficient (Wildman–Crippen LogP) is 1.27. The first-order chi connectivity index (χ1) is 10.7. The molecule has 2 heterocycles. The lowest BCUT2D eigenvalue weighted by Gasteiger charge is -2.07. The van der Waals surface area contributed by atoms with E-state index < -0.39 is 0 Å². The summed E-state index contributed by atoms with van der Waals surface area (Å²) < 4.78 is 3.49. The molecular weight excluding hydrogens is 280 g/mol. The Balaban J connectivity index is 1.65. The molecule has 1 aromatic carbocycles. The quantitative estimate of drug-likeness (QED) is 0.769. The molecule has 114 valence electrons. The Labute approximate surface area is 127 Å². The normalized spacial score (nSPS) is 11.0. The average molecular weight is 298 g/mol. The summed E-state index contributed by atoms with van der Waals surface area (Å²) in [7, 11) is 0. The molecule has 0 aliphatic heterocycles. The zero-order chi connectivity index (χ0) is 15.5. The van der Waals surface area contributed by atoms with Crippen molar-refractivity contribution in [2.75, 3.05) is 0 Å². The largest absolute Gasteiger partial charge is 0.349 e. The van der Waals surface area contributed by atoms with Crippen LogP contribution in [0.15, 0.2) is 30.3 Å². The third-order valence-electron chi connectivity index (χ3n) is 3.47. The van der Waals surface area contributed by atoms with Crippen LogP contribution in [0.4, 0.5) is 0 Å². The highest BCUT2D eigenvalue weighted by atomic mass is 16.2. The highest BCUT2D eigenvalue weighted by molar-refractivity contribution is 5.79. The maximum Gasteiger partial charge on any atom is 0.242 e. The van der Waals surface area contributed by atoms with Crippen LogP contribution < -0.4 is 5.32 Å². The number of para-hydroxylation sites is 1. The van der Waals surface area contributed by atoms with E-state index in [1.807, 2.05) is 48.9 Å². The fraction of sp³-hybridized carbons (Fsp3) is 0.333. The monoisotopic (exact) mass is 298 g/mol. The van der Waals surface area contributed by atoms with Crippen molar-refractivity contribution in [2.24, 2.45) is 0 Å². The van der Waals surface area contributed by atoms with E-state index in [2.05, 4.69) is 20.7 Å². The summed E-state index contributed by atoms with van der Waals surface area (Å²) in [4.78, 5) is 12.1. The maximum absolute atomic E-state index is 12.1. The molecule has 0 unspecified atom stereocenters. The Kier molecular flexibility index (Phi) is 3.86. The third kappa shape index (κ3) is 2.83. The second kappa shape index (κ2) is 5.97. The molecule has 0 aliphatic rings. The van der Waals surface area contributed by atoms with E-state index in [4.69, 9.17) is 0 Å². The van der Waals surface area contributed by atoms with E-state index in [9.17, 15) is 4.79 Å². The second-order valence-electron chi connectivity index (χ2n) is 5.11. The van der Waals surface area contributed by atoms with Gasteiger partial charge in [-0.15, -0.1) is 5.10 Å². The molecule has 2 aromatic heterocycles. The molecular formula is C15H18N6O. The molecule has 1 N–H and O–H groups in total. The molecule has 0 fully saturated rings. The number of hydrogen-bond acceptors (Lipinski definition) is 4. The van der Waals surface area contributed by atoms with Crippen LogP contribution in [0, 0.1) is 6.92 Å². The molecule has 0 atom stereocenters. The van der Waals surface area contributed by atoms with E-state index in [1.165, 1.54) is 0 Å². The molecule has 7 nitrogen and oxygen atoms in total. The van der Waals surface area contributed by atoms with Crippen molar-refractivity contribution in [3.8, 4) is 0 Å². The van der Waals surface area contributed by atoms with Gasteiger partial charge in [0.1, 0.15) is 12.1 Å². The first kappa shape index (κ1) is 14.2. The van der Waals surface area contributed by atoms with Gasteiger partial charge in [-0.05, 0) is 32.0 Å². The van der Waals surface area contributed by atoms with Crippen LogP contribution in [0.25, 0.3) is 11.0 Å². The highest BCUT2D eigenvalue weighted by Gasteiger charge is 2.10. The first-order valence-electron chi connectivity index (χ1n) is 7.25. The molecule has 0 aliphatic carbocycles. The predicted molar refractivity (Wildman–Crippen MR) is 82.0 cm³/mol. The van der Waals surface area contributed by atoms with E-state index >= 15 is 0 Å². The fourth-order valence-corrected chi connectivity index (χ4v) is 2.43. The summed E-state index contributed by atoms with van der Waals surface area (Å²) in [6, 6.07) is 9.56. The van der Waals surface area contributed by atoms with Crippen LogP contribution in [0.1, 0.15) is 18.3 Å². The van der Waals surface area contributed by atoms with Gasteiger partial charge >= 0.3 is 0 Å². The maximum atomic E-state index is 12.1. The number of carbonyl (C=O) groups excluding carboxylic acids is 1. The van der Waals surface area contributed by atoms with E-state index in [0.717, 1.165) is 29.0 Å². The van der Waals surface area contributed by atoms with Crippen molar-refractivity contribution in [1.82, 2.24) is 30.1 Å². The minimum atomic E-state index is -0.0999. The van der Waals surface area contributed by atoms with Crippen LogP contribution >= 0.6 is 0 Å². The molecule has 0 bridgehead atoms. The van der Waals surface area contributed by atoms with E-state index in [-0.39, 0.29) is 12.5 Å². The molecule has 0 saturated carbocycles. The Morgan fingerprint density at radius 3 is 2.91 bits per heavy atom. The highest BCUT2D eigenvalue weighted by Crippen LogP contribution is 2.09. The minimum Gasteiger partial charge on any atom is -0.349 e. The van der Waals surface area contributed by atoms with Crippen LogP contribution in [0.3, 0.4) is 0 Å².